The Labute approximate surface area is 180 Å². The number of halogens is 6. The molecule has 2 amide bonds. The summed E-state index contributed by atoms with van der Waals surface area (Å²) in [5.74, 6) is -0.773. The highest BCUT2D eigenvalue weighted by Crippen LogP contribution is 2.41. The Morgan fingerprint density at radius 3 is 2.28 bits per heavy atom. The molecular formula is C21H12F6N2O2S. The first-order valence-electron chi connectivity index (χ1n) is 9.04. The number of carbonyl (C=O) groups is 2. The molecule has 0 atom stereocenters. The van der Waals surface area contributed by atoms with Crippen LogP contribution in [-0.4, -0.2) is 16.1 Å². The molecule has 0 bridgehead atoms. The largest absolute Gasteiger partial charge is 0.416 e. The Kier molecular flexibility index (Phi) is 5.32. The van der Waals surface area contributed by atoms with Crippen LogP contribution < -0.4 is 5.32 Å². The fraction of sp³-hybridized carbons (Fsp3) is 0.143. The van der Waals surface area contributed by atoms with Crippen LogP contribution in [0.5, 0.6) is 0 Å². The van der Waals surface area contributed by atoms with E-state index in [1.807, 2.05) is 0 Å². The first-order valence-corrected chi connectivity index (χ1v) is 9.86. The van der Waals surface area contributed by atoms with Gasteiger partial charge in [-0.2, -0.15) is 26.3 Å². The van der Waals surface area contributed by atoms with Gasteiger partial charge in [0.05, 0.1) is 16.0 Å². The number of amides is 2. The van der Waals surface area contributed by atoms with E-state index in [1.165, 1.54) is 0 Å². The van der Waals surface area contributed by atoms with Crippen LogP contribution in [-0.2, 0) is 23.6 Å². The number of carbonyl (C=O) groups excluding carboxylic acids is 2. The minimum atomic E-state index is -5.06. The number of imide groups is 1. The first kappa shape index (κ1) is 22.0. The van der Waals surface area contributed by atoms with Crippen molar-refractivity contribution < 1.29 is 35.9 Å². The second kappa shape index (κ2) is 7.73. The molecule has 4 rings (SSSR count). The van der Waals surface area contributed by atoms with E-state index in [0.29, 0.717) is 28.8 Å². The van der Waals surface area contributed by atoms with Crippen LogP contribution in [0.2, 0.25) is 0 Å². The number of allylic oxidation sites excluding steroid dienone is 1. The zero-order valence-electron chi connectivity index (χ0n) is 15.8. The van der Waals surface area contributed by atoms with Gasteiger partial charge in [-0.25, -0.2) is 0 Å². The van der Waals surface area contributed by atoms with Crippen LogP contribution in [0.3, 0.4) is 0 Å². The van der Waals surface area contributed by atoms with Crippen LogP contribution in [0.4, 0.5) is 31.1 Å². The van der Waals surface area contributed by atoms with E-state index in [0.717, 1.165) is 11.6 Å². The molecule has 1 aromatic heterocycles. The van der Waals surface area contributed by atoms with Crippen molar-refractivity contribution in [3.63, 3.8) is 0 Å². The van der Waals surface area contributed by atoms with Gasteiger partial charge < -0.3 is 4.98 Å². The number of hydrogen-bond acceptors (Lipinski definition) is 3. The number of aromatic amines is 1. The molecule has 0 radical (unpaired) electrons. The van der Waals surface area contributed by atoms with E-state index >= 15 is 0 Å². The summed E-state index contributed by atoms with van der Waals surface area (Å²) in [5.41, 5.74) is -2.12. The van der Waals surface area contributed by atoms with Crippen LogP contribution in [0.1, 0.15) is 22.3 Å². The van der Waals surface area contributed by atoms with Crippen LogP contribution in [0.15, 0.2) is 53.6 Å². The maximum Gasteiger partial charge on any atom is 0.416 e. The fourth-order valence-corrected chi connectivity index (χ4v) is 4.21. The van der Waals surface area contributed by atoms with Crippen molar-refractivity contribution in [2.24, 2.45) is 0 Å². The summed E-state index contributed by atoms with van der Waals surface area (Å²) >= 11 is 0.535. The first-order chi connectivity index (χ1) is 14.9. The Hall–Kier alpha value is -3.21. The van der Waals surface area contributed by atoms with Crippen molar-refractivity contribution >= 4 is 39.4 Å². The summed E-state index contributed by atoms with van der Waals surface area (Å²) in [6.45, 7) is 0. The number of alkyl halides is 6. The van der Waals surface area contributed by atoms with Gasteiger partial charge in [0, 0.05) is 11.7 Å². The van der Waals surface area contributed by atoms with E-state index in [9.17, 15) is 35.9 Å². The van der Waals surface area contributed by atoms with Crippen molar-refractivity contribution in [1.82, 2.24) is 10.3 Å². The maximum atomic E-state index is 13.6. The molecular weight excluding hydrogens is 458 g/mol. The number of aromatic nitrogens is 1. The van der Waals surface area contributed by atoms with Crippen LogP contribution in [0, 0.1) is 0 Å². The molecule has 2 N–H and O–H groups in total. The predicted molar refractivity (Wildman–Crippen MR) is 106 cm³/mol. The minimum absolute atomic E-state index is 0.0555. The van der Waals surface area contributed by atoms with Gasteiger partial charge >= 0.3 is 12.4 Å². The summed E-state index contributed by atoms with van der Waals surface area (Å²) in [4.78, 5) is 26.8. The third kappa shape index (κ3) is 4.24. The maximum absolute atomic E-state index is 13.6. The molecule has 1 aliphatic rings. The number of benzene rings is 2. The van der Waals surface area contributed by atoms with Crippen molar-refractivity contribution in [3.8, 4) is 0 Å². The zero-order valence-corrected chi connectivity index (χ0v) is 16.6. The summed E-state index contributed by atoms with van der Waals surface area (Å²) in [6.07, 6.45) is -8.87. The molecule has 1 aliphatic heterocycles. The van der Waals surface area contributed by atoms with Crippen molar-refractivity contribution in [3.05, 3.63) is 75.8 Å². The fourth-order valence-electron chi connectivity index (χ4n) is 3.43. The second-order valence-corrected chi connectivity index (χ2v) is 7.96. The summed E-state index contributed by atoms with van der Waals surface area (Å²) < 4.78 is 79.9. The molecule has 0 spiro atoms. The molecule has 3 aromatic rings. The summed E-state index contributed by atoms with van der Waals surface area (Å²) in [7, 11) is 0. The van der Waals surface area contributed by atoms with E-state index in [1.54, 1.807) is 30.5 Å². The lowest BCUT2D eigenvalue weighted by atomic mass is 9.92. The van der Waals surface area contributed by atoms with E-state index in [-0.39, 0.29) is 16.5 Å². The van der Waals surface area contributed by atoms with Gasteiger partial charge in [0.15, 0.2) is 0 Å². The highest BCUT2D eigenvalue weighted by atomic mass is 32.2. The molecule has 0 saturated carbocycles. The smallest absolute Gasteiger partial charge is 0.361 e. The van der Waals surface area contributed by atoms with Crippen molar-refractivity contribution in [2.75, 3.05) is 0 Å². The molecule has 2 aromatic carbocycles. The zero-order chi connectivity index (χ0) is 23.3. The SMILES string of the molecule is O=C1NC(=O)/C(=C(\Cc2ccc(C(F)(F)F)cc2C(F)(F)F)c2ccc3[nH]ccc3c2)S1. The normalized spacial score (nSPS) is 16.6. The molecule has 1 saturated heterocycles. The second-order valence-electron chi connectivity index (χ2n) is 6.98. The third-order valence-corrected chi connectivity index (χ3v) is 5.83. The standard InChI is InChI=1S/C21H12F6N2O2S/c22-20(23,24)13-3-1-11(15(9-13)21(25,26)27)8-14(17-18(30)29-19(31)32-17)10-2-4-16-12(7-10)5-6-28-16/h1-7,9,28H,8H2,(H,29,30,31)/b17-14-. The van der Waals surface area contributed by atoms with Crippen molar-refractivity contribution in [2.45, 2.75) is 18.8 Å². The van der Waals surface area contributed by atoms with Gasteiger partial charge in [-0.1, -0.05) is 12.1 Å². The van der Waals surface area contributed by atoms with E-state index in [2.05, 4.69) is 10.3 Å². The molecule has 2 heterocycles. The molecule has 166 valence electrons. The Bertz CT molecular complexity index is 1270. The predicted octanol–water partition coefficient (Wildman–Crippen LogP) is 6.14. The third-order valence-electron chi connectivity index (χ3n) is 4.90. The molecule has 0 aliphatic carbocycles. The number of rotatable bonds is 3. The van der Waals surface area contributed by atoms with Gasteiger partial charge in [-0.05, 0) is 70.6 Å². The minimum Gasteiger partial charge on any atom is -0.361 e. The molecule has 1 fully saturated rings. The van der Waals surface area contributed by atoms with Crippen LogP contribution >= 0.6 is 11.8 Å². The number of H-pyrrole nitrogens is 1. The highest BCUT2D eigenvalue weighted by molar-refractivity contribution is 8.18. The van der Waals surface area contributed by atoms with Crippen LogP contribution in [0.25, 0.3) is 16.5 Å². The quantitative estimate of drug-likeness (QED) is 0.357. The summed E-state index contributed by atoms with van der Waals surface area (Å²) in [5, 5.41) is 2.08. The molecule has 0 unspecified atom stereocenters. The number of nitrogens with one attached hydrogen (secondary N) is 2. The highest BCUT2D eigenvalue weighted by Gasteiger charge is 2.39. The van der Waals surface area contributed by atoms with Gasteiger partial charge in [0.1, 0.15) is 0 Å². The van der Waals surface area contributed by atoms with Crippen molar-refractivity contribution in [1.29, 1.82) is 0 Å². The van der Waals surface area contributed by atoms with Gasteiger partial charge in [-0.3, -0.25) is 14.9 Å². The lowest BCUT2D eigenvalue weighted by Crippen LogP contribution is -2.19. The summed E-state index contributed by atoms with van der Waals surface area (Å²) in [6, 6.07) is 7.93. The van der Waals surface area contributed by atoms with E-state index in [4.69, 9.17) is 0 Å². The topological polar surface area (TPSA) is 62.0 Å². The van der Waals surface area contributed by atoms with Gasteiger partial charge in [0.25, 0.3) is 11.1 Å². The van der Waals surface area contributed by atoms with E-state index < -0.39 is 46.6 Å². The number of fused-ring (bicyclic) bond motifs is 1. The molecule has 4 nitrogen and oxygen atoms in total. The molecule has 11 heteroatoms. The molecule has 32 heavy (non-hydrogen) atoms. The lowest BCUT2D eigenvalue weighted by Gasteiger charge is -2.18. The number of hydrogen-bond donors (Lipinski definition) is 2. The monoisotopic (exact) mass is 470 g/mol. The van der Waals surface area contributed by atoms with Gasteiger partial charge in [0.2, 0.25) is 0 Å². The lowest BCUT2D eigenvalue weighted by molar-refractivity contribution is -0.143. The average Bonchev–Trinajstić information content (AvgIpc) is 3.29. The van der Waals surface area contributed by atoms with Gasteiger partial charge in [-0.15, -0.1) is 0 Å². The average molecular weight is 470 g/mol. The Morgan fingerprint density at radius 1 is 0.906 bits per heavy atom. The number of thioether (sulfide) groups is 1. The Balaban J connectivity index is 1.88. The Morgan fingerprint density at radius 2 is 1.66 bits per heavy atom.